The molecular formula is C29H20FN3O2. The van der Waals surface area contributed by atoms with Crippen LogP contribution < -0.4 is 0 Å². The molecule has 0 unspecified atom stereocenters. The van der Waals surface area contributed by atoms with E-state index in [4.69, 9.17) is 4.98 Å². The van der Waals surface area contributed by atoms with Gasteiger partial charge in [0.2, 0.25) is 0 Å². The topological polar surface area (TPSA) is 89.8 Å². The number of aromatic amines is 1. The summed E-state index contributed by atoms with van der Waals surface area (Å²) in [5.41, 5.74) is 1.71. The lowest BCUT2D eigenvalue weighted by molar-refractivity contribution is 0.101. The molecule has 1 aromatic heterocycles. The van der Waals surface area contributed by atoms with Gasteiger partial charge in [-0.1, -0.05) is 36.1 Å². The zero-order chi connectivity index (χ0) is 24.9. The number of benzene rings is 4. The predicted octanol–water partition coefficient (Wildman–Crippen LogP) is 5.87. The predicted molar refractivity (Wildman–Crippen MR) is 134 cm³/mol. The molecule has 0 aliphatic rings. The van der Waals surface area contributed by atoms with Gasteiger partial charge in [-0.05, 0) is 61.9 Å². The zero-order valence-electron chi connectivity index (χ0n) is 19.3. The summed E-state index contributed by atoms with van der Waals surface area (Å²) >= 11 is 0. The number of hydrogen-bond acceptors (Lipinski definition) is 4. The molecule has 35 heavy (non-hydrogen) atoms. The maximum atomic E-state index is 14.8. The van der Waals surface area contributed by atoms with Crippen LogP contribution in [0.5, 0.6) is 0 Å². The van der Waals surface area contributed by atoms with E-state index in [1.165, 1.54) is 19.1 Å². The van der Waals surface area contributed by atoms with E-state index >= 15 is 0 Å². The molecule has 0 aliphatic heterocycles. The van der Waals surface area contributed by atoms with Gasteiger partial charge in [0.25, 0.3) is 0 Å². The van der Waals surface area contributed by atoms with Gasteiger partial charge in [0.05, 0.1) is 28.2 Å². The van der Waals surface area contributed by atoms with E-state index in [0.717, 1.165) is 21.5 Å². The highest BCUT2D eigenvalue weighted by Crippen LogP contribution is 2.37. The minimum Gasteiger partial charge on any atom is -0.378 e. The minimum atomic E-state index is -1.14. The molecule has 0 atom stereocenters. The Morgan fingerprint density at radius 2 is 1.80 bits per heavy atom. The number of nitriles is 1. The lowest BCUT2D eigenvalue weighted by atomic mass is 9.96. The van der Waals surface area contributed by atoms with Crippen LogP contribution in [0.1, 0.15) is 42.3 Å². The van der Waals surface area contributed by atoms with E-state index in [-0.39, 0.29) is 22.7 Å². The molecule has 0 saturated carbocycles. The fourth-order valence-corrected chi connectivity index (χ4v) is 4.22. The molecule has 5 rings (SSSR count). The number of halogens is 1. The molecule has 0 amide bonds. The molecular weight excluding hydrogens is 441 g/mol. The maximum absolute atomic E-state index is 14.8. The minimum absolute atomic E-state index is 0.0640. The number of aromatic nitrogens is 2. The Bertz CT molecular complexity index is 1790. The number of carbonyl (C=O) groups excluding carboxylic acids is 1. The van der Waals surface area contributed by atoms with E-state index in [9.17, 15) is 19.6 Å². The summed E-state index contributed by atoms with van der Waals surface area (Å²) in [6.07, 6.45) is 0. The summed E-state index contributed by atoms with van der Waals surface area (Å²) in [5.74, 6) is 5.47. The maximum Gasteiger partial charge on any atom is 0.159 e. The van der Waals surface area contributed by atoms with E-state index in [1.807, 2.05) is 36.4 Å². The van der Waals surface area contributed by atoms with E-state index in [0.29, 0.717) is 22.2 Å². The lowest BCUT2D eigenvalue weighted by Gasteiger charge is -2.09. The number of ketones is 1. The molecule has 0 spiro atoms. The van der Waals surface area contributed by atoms with Crippen LogP contribution in [0, 0.1) is 29.0 Å². The summed E-state index contributed by atoms with van der Waals surface area (Å²) in [4.78, 5) is 20.1. The number of nitrogens with zero attached hydrogens (tertiary/aromatic N) is 2. The van der Waals surface area contributed by atoms with Crippen molar-refractivity contribution in [3.8, 4) is 29.3 Å². The summed E-state index contributed by atoms with van der Waals surface area (Å²) in [6.45, 7) is 4.74. The third-order valence-corrected chi connectivity index (χ3v) is 5.85. The van der Waals surface area contributed by atoms with Crippen LogP contribution >= 0.6 is 0 Å². The summed E-state index contributed by atoms with van der Waals surface area (Å²) < 4.78 is 14.8. The van der Waals surface area contributed by atoms with Gasteiger partial charge in [-0.3, -0.25) is 4.79 Å². The molecule has 2 N–H and O–H groups in total. The first-order chi connectivity index (χ1) is 16.7. The van der Waals surface area contributed by atoms with Crippen molar-refractivity contribution < 1.29 is 14.3 Å². The summed E-state index contributed by atoms with van der Waals surface area (Å²) in [6, 6.07) is 17.4. The van der Waals surface area contributed by atoms with Gasteiger partial charge in [0.1, 0.15) is 17.2 Å². The largest absolute Gasteiger partial charge is 0.378 e. The van der Waals surface area contributed by atoms with Crippen LogP contribution in [0.25, 0.3) is 44.0 Å². The number of Topliss-reactive ketones (excluding diaryl/α,β-unsaturated/α-hetero) is 1. The molecule has 4 aromatic carbocycles. The van der Waals surface area contributed by atoms with Crippen molar-refractivity contribution in [1.29, 1.82) is 5.26 Å². The molecule has 0 bridgehead atoms. The molecule has 6 heteroatoms. The molecule has 0 radical (unpaired) electrons. The van der Waals surface area contributed by atoms with Crippen molar-refractivity contribution in [3.63, 3.8) is 0 Å². The molecule has 5 aromatic rings. The quantitative estimate of drug-likeness (QED) is 0.195. The first-order valence-corrected chi connectivity index (χ1v) is 11.0. The average Bonchev–Trinajstić information content (AvgIpc) is 3.26. The fourth-order valence-electron chi connectivity index (χ4n) is 4.22. The lowest BCUT2D eigenvalue weighted by Crippen LogP contribution is -2.14. The summed E-state index contributed by atoms with van der Waals surface area (Å²) in [5, 5.41) is 22.8. The smallest absolute Gasteiger partial charge is 0.159 e. The Hall–Kier alpha value is -4.52. The number of rotatable bonds is 2. The first-order valence-electron chi connectivity index (χ1n) is 11.0. The van der Waals surface area contributed by atoms with Crippen LogP contribution in [0.4, 0.5) is 4.39 Å². The zero-order valence-corrected chi connectivity index (χ0v) is 19.3. The highest BCUT2D eigenvalue weighted by Gasteiger charge is 2.19. The highest BCUT2D eigenvalue weighted by atomic mass is 19.1. The number of nitrogens with one attached hydrogen (secondary N) is 1. The van der Waals surface area contributed by atoms with Crippen LogP contribution in [-0.4, -0.2) is 26.5 Å². The number of H-pyrrole nitrogens is 1. The third kappa shape index (κ3) is 3.91. The second-order valence-corrected chi connectivity index (χ2v) is 8.97. The molecule has 0 aliphatic carbocycles. The van der Waals surface area contributed by atoms with Gasteiger partial charge in [-0.15, -0.1) is 0 Å². The fraction of sp³-hybridized carbons (Fsp3) is 0.138. The Morgan fingerprint density at radius 1 is 1.06 bits per heavy atom. The number of imidazole rings is 1. The van der Waals surface area contributed by atoms with Gasteiger partial charge in [-0.25, -0.2) is 9.37 Å². The molecule has 5 nitrogen and oxygen atoms in total. The Labute approximate surface area is 200 Å². The molecule has 1 heterocycles. The molecule has 0 fully saturated rings. The number of carbonyl (C=O) groups is 1. The number of fused-ring (bicyclic) bond motifs is 6. The Morgan fingerprint density at radius 3 is 2.51 bits per heavy atom. The standard InChI is InChI=1S/C29H20FN3O2/c1-16(34)18-8-10-21-23(14-18)22-13-17(11-12-29(2,3)35)7-9-20(22)26-27(21)33-28(32-26)25-19(15-31)5-4-6-24(25)30/h4-10,13-14,35H,1-3H3,(H,32,33). The average molecular weight is 461 g/mol. The van der Waals surface area contributed by atoms with Crippen LogP contribution in [0.2, 0.25) is 0 Å². The van der Waals surface area contributed by atoms with Crippen molar-refractivity contribution >= 4 is 38.4 Å². The van der Waals surface area contributed by atoms with Crippen molar-refractivity contribution in [2.75, 3.05) is 0 Å². The van der Waals surface area contributed by atoms with Gasteiger partial charge in [0, 0.05) is 21.9 Å². The van der Waals surface area contributed by atoms with Crippen molar-refractivity contribution in [2.24, 2.45) is 0 Å². The molecule has 0 saturated heterocycles. The van der Waals surface area contributed by atoms with Crippen LogP contribution in [-0.2, 0) is 0 Å². The van der Waals surface area contributed by atoms with E-state index in [1.54, 1.807) is 26.0 Å². The Balaban J connectivity index is 1.89. The first kappa shape index (κ1) is 22.3. The number of aliphatic hydroxyl groups is 1. The van der Waals surface area contributed by atoms with E-state index in [2.05, 4.69) is 16.8 Å². The van der Waals surface area contributed by atoms with Crippen molar-refractivity contribution in [1.82, 2.24) is 9.97 Å². The SMILES string of the molecule is CC(=O)c1ccc2c(c1)c1cc(C#CC(C)(C)O)ccc1c1[nH]c(-c3c(F)cccc3C#N)nc21. The van der Waals surface area contributed by atoms with Crippen molar-refractivity contribution in [3.05, 3.63) is 77.1 Å². The number of hydrogen-bond donors (Lipinski definition) is 2. The van der Waals surface area contributed by atoms with Gasteiger partial charge in [-0.2, -0.15) is 5.26 Å². The van der Waals surface area contributed by atoms with Crippen LogP contribution in [0.15, 0.2) is 54.6 Å². The van der Waals surface area contributed by atoms with Crippen LogP contribution in [0.3, 0.4) is 0 Å². The third-order valence-electron chi connectivity index (χ3n) is 5.85. The highest BCUT2D eigenvalue weighted by molar-refractivity contribution is 6.24. The van der Waals surface area contributed by atoms with Crippen molar-refractivity contribution in [2.45, 2.75) is 26.4 Å². The van der Waals surface area contributed by atoms with E-state index < -0.39 is 11.4 Å². The normalized spacial score (nSPS) is 11.4. The Kier molecular flexibility index (Phi) is 5.13. The summed E-state index contributed by atoms with van der Waals surface area (Å²) in [7, 11) is 0. The molecule has 170 valence electrons. The second kappa shape index (κ2) is 8.06. The second-order valence-electron chi connectivity index (χ2n) is 8.97. The van der Waals surface area contributed by atoms with Gasteiger partial charge >= 0.3 is 0 Å². The van der Waals surface area contributed by atoms with Gasteiger partial charge < -0.3 is 10.1 Å². The van der Waals surface area contributed by atoms with Gasteiger partial charge in [0.15, 0.2) is 5.78 Å². The monoisotopic (exact) mass is 461 g/mol.